The fraction of sp³-hybridized carbons (Fsp3) is 0.375. The number of ether oxygens (including phenoxy) is 1. The maximum Gasteiger partial charge on any atom is 0.248 e. The molecule has 1 heterocycles. The molecule has 158 valence electrons. The van der Waals surface area contributed by atoms with Gasteiger partial charge >= 0.3 is 0 Å². The molecule has 6 heteroatoms. The highest BCUT2D eigenvalue weighted by Gasteiger charge is 2.35. The predicted molar refractivity (Wildman–Crippen MR) is 113 cm³/mol. The Kier molecular flexibility index (Phi) is 5.60. The van der Waals surface area contributed by atoms with E-state index in [1.807, 2.05) is 31.2 Å². The zero-order valence-electron chi connectivity index (χ0n) is 17.4. The number of halogens is 2. The summed E-state index contributed by atoms with van der Waals surface area (Å²) < 4.78 is 33.5. The van der Waals surface area contributed by atoms with Crippen LogP contribution in [0.15, 0.2) is 36.4 Å². The van der Waals surface area contributed by atoms with Gasteiger partial charge in [0.05, 0.1) is 11.2 Å². The molecule has 0 radical (unpaired) electrons. The van der Waals surface area contributed by atoms with Crippen LogP contribution in [0.4, 0.5) is 8.78 Å². The van der Waals surface area contributed by atoms with Gasteiger partial charge in [-0.05, 0) is 55.7 Å². The number of rotatable bonds is 6. The van der Waals surface area contributed by atoms with Gasteiger partial charge in [-0.2, -0.15) is 0 Å². The lowest BCUT2D eigenvalue weighted by molar-refractivity contribution is -0.130. The largest absolute Gasteiger partial charge is 0.372 e. The molecule has 0 spiro atoms. The molecule has 0 bridgehead atoms. The quantitative estimate of drug-likeness (QED) is 0.594. The van der Waals surface area contributed by atoms with E-state index in [1.54, 1.807) is 6.92 Å². The molecule has 2 aromatic carbocycles. The summed E-state index contributed by atoms with van der Waals surface area (Å²) in [6.45, 7) is 4.30. The summed E-state index contributed by atoms with van der Waals surface area (Å²) in [5.41, 5.74) is 4.23. The van der Waals surface area contributed by atoms with Crippen molar-refractivity contribution >= 4 is 16.8 Å². The van der Waals surface area contributed by atoms with E-state index in [4.69, 9.17) is 4.74 Å². The van der Waals surface area contributed by atoms with Crippen LogP contribution in [0, 0.1) is 24.5 Å². The second-order valence-corrected chi connectivity index (χ2v) is 8.25. The fourth-order valence-corrected chi connectivity index (χ4v) is 4.25. The summed E-state index contributed by atoms with van der Waals surface area (Å²) in [7, 11) is 1.51. The number of aromatic amines is 1. The summed E-state index contributed by atoms with van der Waals surface area (Å²) in [6.07, 6.45) is 1.23. The number of methoxy groups -OCH3 is 1. The molecule has 1 fully saturated rings. The van der Waals surface area contributed by atoms with Crippen LogP contribution in [-0.4, -0.2) is 30.6 Å². The molecule has 3 aromatic rings. The first kappa shape index (κ1) is 20.5. The van der Waals surface area contributed by atoms with E-state index < -0.39 is 17.7 Å². The van der Waals surface area contributed by atoms with Crippen LogP contribution in [0.25, 0.3) is 22.2 Å². The Labute approximate surface area is 174 Å². The van der Waals surface area contributed by atoms with Crippen molar-refractivity contribution in [3.05, 3.63) is 59.2 Å². The van der Waals surface area contributed by atoms with Crippen LogP contribution in [0.5, 0.6) is 0 Å². The van der Waals surface area contributed by atoms with Gasteiger partial charge in [0.25, 0.3) is 0 Å². The lowest BCUT2D eigenvalue weighted by Crippen LogP contribution is -2.40. The number of benzene rings is 2. The smallest absolute Gasteiger partial charge is 0.248 e. The van der Waals surface area contributed by atoms with Gasteiger partial charge in [-0.3, -0.25) is 4.79 Å². The standard InChI is InChI=1S/C24H26F2N2O2/c1-13-4-6-16(7-5-13)22-21(19-10-18(25)11-20(26)23(19)28-22)17-8-15(9-17)12-27-24(29)14(2)30-3/h4-7,10-11,14-15,17,28H,8-9,12H2,1-3H3,(H,27,29)/t14-,15?,17?/m1/s1. The van der Waals surface area contributed by atoms with E-state index >= 15 is 0 Å². The second kappa shape index (κ2) is 8.19. The van der Waals surface area contributed by atoms with Crippen molar-refractivity contribution in [1.29, 1.82) is 0 Å². The summed E-state index contributed by atoms with van der Waals surface area (Å²) in [5.74, 6) is -0.776. The van der Waals surface area contributed by atoms with Gasteiger partial charge in [0.1, 0.15) is 17.7 Å². The number of hydrogen-bond donors (Lipinski definition) is 2. The molecule has 1 aliphatic rings. The number of aromatic nitrogens is 1. The Balaban J connectivity index is 1.61. The average Bonchev–Trinajstić information content (AvgIpc) is 3.06. The molecule has 1 amide bonds. The Hall–Kier alpha value is -2.73. The first-order valence-corrected chi connectivity index (χ1v) is 10.3. The third-order valence-corrected chi connectivity index (χ3v) is 6.14. The van der Waals surface area contributed by atoms with Crippen molar-refractivity contribution in [2.24, 2.45) is 5.92 Å². The number of carbonyl (C=O) groups excluding carboxylic acids is 1. The van der Waals surface area contributed by atoms with E-state index in [2.05, 4.69) is 10.3 Å². The van der Waals surface area contributed by atoms with Gasteiger partial charge in [-0.15, -0.1) is 0 Å². The summed E-state index contributed by atoms with van der Waals surface area (Å²) in [5, 5.41) is 3.52. The predicted octanol–water partition coefficient (Wildman–Crippen LogP) is 5.07. The number of nitrogens with one attached hydrogen (secondary N) is 2. The molecule has 0 unspecified atom stereocenters. The molecule has 0 saturated heterocycles. The lowest BCUT2D eigenvalue weighted by atomic mass is 9.70. The Morgan fingerprint density at radius 2 is 1.93 bits per heavy atom. The molecule has 2 N–H and O–H groups in total. The third-order valence-electron chi connectivity index (χ3n) is 6.14. The van der Waals surface area contributed by atoms with Crippen molar-refractivity contribution < 1.29 is 18.3 Å². The molecule has 30 heavy (non-hydrogen) atoms. The van der Waals surface area contributed by atoms with E-state index in [0.29, 0.717) is 23.4 Å². The number of aryl methyl sites for hydroxylation is 1. The fourth-order valence-electron chi connectivity index (χ4n) is 4.25. The van der Waals surface area contributed by atoms with Crippen LogP contribution in [0.2, 0.25) is 0 Å². The average molecular weight is 412 g/mol. The third kappa shape index (κ3) is 3.84. The Morgan fingerprint density at radius 3 is 2.60 bits per heavy atom. The molecule has 1 saturated carbocycles. The van der Waals surface area contributed by atoms with E-state index in [-0.39, 0.29) is 11.8 Å². The number of carbonyl (C=O) groups is 1. The monoisotopic (exact) mass is 412 g/mol. The van der Waals surface area contributed by atoms with Crippen LogP contribution in [-0.2, 0) is 9.53 Å². The highest BCUT2D eigenvalue weighted by Crippen LogP contribution is 2.48. The van der Waals surface area contributed by atoms with E-state index in [0.717, 1.165) is 41.3 Å². The number of fused-ring (bicyclic) bond motifs is 1. The van der Waals surface area contributed by atoms with Crippen LogP contribution in [0.1, 0.15) is 36.8 Å². The summed E-state index contributed by atoms with van der Waals surface area (Å²) in [6, 6.07) is 10.4. The van der Waals surface area contributed by atoms with Crippen molar-refractivity contribution in [2.75, 3.05) is 13.7 Å². The lowest BCUT2D eigenvalue weighted by Gasteiger charge is -2.36. The minimum atomic E-state index is -0.582. The first-order valence-electron chi connectivity index (χ1n) is 10.3. The molecule has 1 aromatic heterocycles. The molecule has 1 aliphatic carbocycles. The van der Waals surface area contributed by atoms with Gasteiger partial charge in [0.2, 0.25) is 5.91 Å². The topological polar surface area (TPSA) is 54.1 Å². The summed E-state index contributed by atoms with van der Waals surface area (Å²) in [4.78, 5) is 15.1. The van der Waals surface area contributed by atoms with Gasteiger partial charge in [-0.1, -0.05) is 29.8 Å². The SMILES string of the molecule is CO[C@H](C)C(=O)NCC1CC(c2c(-c3ccc(C)cc3)[nH]c3c(F)cc(F)cc23)C1. The van der Waals surface area contributed by atoms with Gasteiger partial charge in [0, 0.05) is 25.1 Å². The van der Waals surface area contributed by atoms with Crippen molar-refractivity contribution in [2.45, 2.75) is 38.7 Å². The van der Waals surface area contributed by atoms with E-state index in [1.165, 1.54) is 13.2 Å². The van der Waals surface area contributed by atoms with Crippen LogP contribution in [0.3, 0.4) is 0 Å². The first-order chi connectivity index (χ1) is 14.4. The molecule has 1 atom stereocenters. The molecule has 4 nitrogen and oxygen atoms in total. The minimum absolute atomic E-state index is 0.127. The molecular weight excluding hydrogens is 386 g/mol. The van der Waals surface area contributed by atoms with Gasteiger partial charge in [-0.25, -0.2) is 8.78 Å². The van der Waals surface area contributed by atoms with Crippen LogP contribution < -0.4 is 5.32 Å². The molecular formula is C24H26F2N2O2. The maximum atomic E-state index is 14.5. The maximum absolute atomic E-state index is 14.5. The molecule has 4 rings (SSSR count). The number of amides is 1. The summed E-state index contributed by atoms with van der Waals surface area (Å²) >= 11 is 0. The normalized spacial score (nSPS) is 19.5. The zero-order chi connectivity index (χ0) is 21.4. The van der Waals surface area contributed by atoms with Crippen LogP contribution >= 0.6 is 0 Å². The van der Waals surface area contributed by atoms with E-state index in [9.17, 15) is 13.6 Å². The number of hydrogen-bond acceptors (Lipinski definition) is 2. The van der Waals surface area contributed by atoms with Crippen molar-refractivity contribution in [3.63, 3.8) is 0 Å². The second-order valence-electron chi connectivity index (χ2n) is 8.25. The highest BCUT2D eigenvalue weighted by molar-refractivity contribution is 5.92. The van der Waals surface area contributed by atoms with Crippen molar-refractivity contribution in [3.8, 4) is 11.3 Å². The minimum Gasteiger partial charge on any atom is -0.372 e. The van der Waals surface area contributed by atoms with Crippen molar-refractivity contribution in [1.82, 2.24) is 10.3 Å². The molecule has 0 aliphatic heterocycles. The van der Waals surface area contributed by atoms with Gasteiger partial charge in [0.15, 0.2) is 0 Å². The highest BCUT2D eigenvalue weighted by atomic mass is 19.1. The Bertz CT molecular complexity index is 1070. The zero-order valence-corrected chi connectivity index (χ0v) is 17.4. The van der Waals surface area contributed by atoms with Gasteiger partial charge < -0.3 is 15.0 Å². The Morgan fingerprint density at radius 1 is 1.23 bits per heavy atom. The number of H-pyrrole nitrogens is 1.